The molecule has 0 aromatic rings. The molecule has 212 valence electrons. The average Bonchev–Trinajstić information content (AvgIpc) is 3.05. The summed E-state index contributed by atoms with van der Waals surface area (Å²) < 4.78 is 6.10. The molecule has 4 aliphatic rings. The molecule has 0 spiro atoms. The quantitative estimate of drug-likeness (QED) is 0.240. The third kappa shape index (κ3) is 4.12. The van der Waals surface area contributed by atoms with Crippen LogP contribution in [0.25, 0.3) is 0 Å². The van der Waals surface area contributed by atoms with Crippen LogP contribution in [-0.4, -0.2) is 40.1 Å². The molecule has 0 aliphatic heterocycles. The molecule has 0 aromatic carbocycles. The summed E-state index contributed by atoms with van der Waals surface area (Å²) in [6, 6.07) is 0. The first-order valence-corrected chi connectivity index (χ1v) is 14.5. The highest BCUT2D eigenvalue weighted by molar-refractivity contribution is 5.86. The minimum Gasteiger partial charge on any atom is -0.478 e. The van der Waals surface area contributed by atoms with Gasteiger partial charge < -0.3 is 14.9 Å². The third-order valence-corrected chi connectivity index (χ3v) is 12.0. The average molecular weight is 529 g/mol. The molecule has 2 fully saturated rings. The minimum atomic E-state index is -0.884. The van der Waals surface area contributed by atoms with Gasteiger partial charge >= 0.3 is 11.9 Å². The lowest BCUT2D eigenvalue weighted by atomic mass is 9.42. The van der Waals surface area contributed by atoms with Gasteiger partial charge in [-0.15, -0.1) is 0 Å². The topological polar surface area (TPSA) is 101 Å². The highest BCUT2D eigenvalue weighted by Crippen LogP contribution is 2.72. The number of hydrogen-bond donors (Lipinski definition) is 2. The van der Waals surface area contributed by atoms with E-state index in [1.807, 2.05) is 0 Å². The molecule has 2 N–H and O–H groups in total. The van der Waals surface area contributed by atoms with Crippen LogP contribution < -0.4 is 0 Å². The number of ether oxygens (including phenoxy) is 1. The van der Waals surface area contributed by atoms with E-state index in [-0.39, 0.29) is 34.7 Å². The fraction of sp³-hybridized carbons (Fsp3) is 0.781. The summed E-state index contributed by atoms with van der Waals surface area (Å²) in [7, 11) is 0. The smallest absolute Gasteiger partial charge is 0.330 e. The lowest BCUT2D eigenvalue weighted by Crippen LogP contribution is -2.58. The van der Waals surface area contributed by atoms with Crippen molar-refractivity contribution < 1.29 is 29.3 Å². The number of carboxylic acids is 1. The van der Waals surface area contributed by atoms with Crippen LogP contribution in [0.3, 0.4) is 0 Å². The number of carbonyl (C=O) groups excluding carboxylic acids is 2. The second kappa shape index (κ2) is 9.60. The van der Waals surface area contributed by atoms with Gasteiger partial charge in [0.15, 0.2) is 0 Å². The summed E-state index contributed by atoms with van der Waals surface area (Å²) in [5, 5.41) is 21.1. The fourth-order valence-electron chi connectivity index (χ4n) is 9.57. The number of aliphatic hydroxyl groups excluding tert-OH is 1. The number of allylic oxidation sites excluding steroid dienone is 2. The number of esters is 1. The van der Waals surface area contributed by atoms with Crippen LogP contribution in [0.2, 0.25) is 0 Å². The maximum absolute atomic E-state index is 12.9. The number of Topliss-reactive ketones (excluding diaryl/α,β-unsaturated/α-hetero) is 1. The van der Waals surface area contributed by atoms with Crippen LogP contribution in [0.15, 0.2) is 22.8 Å². The Hall–Kier alpha value is -1.95. The molecular formula is C32H48O6. The van der Waals surface area contributed by atoms with Crippen LogP contribution in [0, 0.1) is 39.4 Å². The molecule has 0 aromatic heterocycles. The largest absolute Gasteiger partial charge is 0.478 e. The van der Waals surface area contributed by atoms with Crippen molar-refractivity contribution in [3.63, 3.8) is 0 Å². The summed E-state index contributed by atoms with van der Waals surface area (Å²) in [4.78, 5) is 36.5. The van der Waals surface area contributed by atoms with Gasteiger partial charge in [-0.1, -0.05) is 53.2 Å². The van der Waals surface area contributed by atoms with Crippen molar-refractivity contribution in [2.45, 2.75) is 119 Å². The van der Waals surface area contributed by atoms with E-state index in [4.69, 9.17) is 4.74 Å². The number of aliphatic carboxylic acids is 1. The van der Waals surface area contributed by atoms with Gasteiger partial charge in [-0.25, -0.2) is 4.79 Å². The van der Waals surface area contributed by atoms with Crippen molar-refractivity contribution in [2.24, 2.45) is 39.4 Å². The Morgan fingerprint density at radius 1 is 1.08 bits per heavy atom. The van der Waals surface area contributed by atoms with Crippen LogP contribution in [-0.2, 0) is 19.1 Å². The third-order valence-electron chi connectivity index (χ3n) is 12.0. The molecule has 0 bridgehead atoms. The summed E-state index contributed by atoms with van der Waals surface area (Å²) in [6.07, 6.45) is 6.89. The first-order valence-electron chi connectivity index (χ1n) is 14.5. The molecule has 4 rings (SSSR count). The zero-order valence-corrected chi connectivity index (χ0v) is 24.6. The van der Waals surface area contributed by atoms with E-state index in [0.717, 1.165) is 37.7 Å². The maximum Gasteiger partial charge on any atom is 0.330 e. The van der Waals surface area contributed by atoms with Crippen molar-refractivity contribution in [3.05, 3.63) is 22.8 Å². The maximum atomic E-state index is 12.9. The predicted octanol–water partition coefficient (Wildman–Crippen LogP) is 6.26. The molecule has 6 nitrogen and oxygen atoms in total. The Balaban J connectivity index is 1.77. The van der Waals surface area contributed by atoms with Gasteiger partial charge in [-0.3, -0.25) is 9.59 Å². The summed E-state index contributed by atoms with van der Waals surface area (Å²) in [5.41, 5.74) is 1.45. The normalized spacial score (nSPS) is 41.2. The van der Waals surface area contributed by atoms with E-state index in [1.165, 1.54) is 12.5 Å². The van der Waals surface area contributed by atoms with Crippen molar-refractivity contribution >= 4 is 17.7 Å². The van der Waals surface area contributed by atoms with Crippen LogP contribution in [0.1, 0.15) is 107 Å². The standard InChI is InChI=1S/C32H48O6/c1-18(10-9-11-19(2)28(36)37)22-16-26(38-20(3)33)32(8)27-21(12-15-31(22,32)7)30(6)14-13-25(35)29(4,5)24(30)17-23(27)34/h11,18,22-24,26,34H,9-10,12-17H2,1-8H3,(H,36,37)/t18-,22-,23-,24+,26+,30-,31-,32+/m1/s1. The van der Waals surface area contributed by atoms with Crippen molar-refractivity contribution in [1.29, 1.82) is 0 Å². The van der Waals surface area contributed by atoms with Crippen LogP contribution in [0.5, 0.6) is 0 Å². The van der Waals surface area contributed by atoms with Crippen LogP contribution >= 0.6 is 0 Å². The molecule has 0 saturated heterocycles. The molecule has 6 heteroatoms. The van der Waals surface area contributed by atoms with E-state index < -0.39 is 22.9 Å². The fourth-order valence-corrected chi connectivity index (χ4v) is 9.57. The molecule has 2 saturated carbocycles. The monoisotopic (exact) mass is 528 g/mol. The molecule has 0 unspecified atom stereocenters. The molecule has 8 atom stereocenters. The molecule has 0 radical (unpaired) electrons. The number of hydrogen-bond acceptors (Lipinski definition) is 5. The summed E-state index contributed by atoms with van der Waals surface area (Å²) in [5.74, 6) is -0.223. The van der Waals surface area contributed by atoms with Gasteiger partial charge in [-0.05, 0) is 86.0 Å². The molecule has 0 heterocycles. The molecule has 38 heavy (non-hydrogen) atoms. The summed E-state index contributed by atoms with van der Waals surface area (Å²) in [6.45, 7) is 16.3. The lowest BCUT2D eigenvalue weighted by molar-refractivity contribution is -0.155. The summed E-state index contributed by atoms with van der Waals surface area (Å²) >= 11 is 0. The van der Waals surface area contributed by atoms with Gasteiger partial charge in [-0.2, -0.15) is 0 Å². The van der Waals surface area contributed by atoms with Crippen molar-refractivity contribution in [2.75, 3.05) is 0 Å². The zero-order chi connectivity index (χ0) is 28.4. The van der Waals surface area contributed by atoms with Gasteiger partial charge in [0.25, 0.3) is 0 Å². The first kappa shape index (κ1) is 29.0. The molecular weight excluding hydrogens is 480 g/mol. The minimum absolute atomic E-state index is 0.0884. The van der Waals surface area contributed by atoms with E-state index >= 15 is 0 Å². The number of rotatable bonds is 6. The number of carboxylic acid groups (broad SMARTS) is 1. The Labute approximate surface area is 228 Å². The van der Waals surface area contributed by atoms with E-state index in [0.29, 0.717) is 36.5 Å². The second-order valence-corrected chi connectivity index (χ2v) is 14.1. The molecule has 0 amide bonds. The van der Waals surface area contributed by atoms with E-state index in [1.54, 1.807) is 13.0 Å². The van der Waals surface area contributed by atoms with Gasteiger partial charge in [0, 0.05) is 29.7 Å². The van der Waals surface area contributed by atoms with Gasteiger partial charge in [0.05, 0.1) is 6.10 Å². The highest BCUT2D eigenvalue weighted by Gasteiger charge is 2.69. The number of carbonyl (C=O) groups is 3. The second-order valence-electron chi connectivity index (χ2n) is 14.1. The SMILES string of the molecule is CC(=O)O[C@H]1C[C@H]([C@H](C)CCC=C(C)C(=O)O)[C@@]2(C)CCC3=C([C@H](O)C[C@H]4C(C)(C)C(=O)CC[C@]34C)[C@]12C. The number of ketones is 1. The first-order chi connectivity index (χ1) is 17.5. The zero-order valence-electron chi connectivity index (χ0n) is 24.6. The number of fused-ring (bicyclic) bond motifs is 4. The lowest BCUT2D eigenvalue weighted by Gasteiger charge is -2.62. The van der Waals surface area contributed by atoms with Crippen molar-refractivity contribution in [3.8, 4) is 0 Å². The van der Waals surface area contributed by atoms with Gasteiger partial charge in [0.1, 0.15) is 11.9 Å². The van der Waals surface area contributed by atoms with E-state index in [9.17, 15) is 24.6 Å². The Bertz CT molecular complexity index is 1080. The van der Waals surface area contributed by atoms with Crippen molar-refractivity contribution in [1.82, 2.24) is 0 Å². The number of aliphatic hydroxyl groups is 1. The molecule has 4 aliphatic carbocycles. The Kier molecular flexibility index (Phi) is 7.34. The predicted molar refractivity (Wildman–Crippen MR) is 146 cm³/mol. The van der Waals surface area contributed by atoms with E-state index in [2.05, 4.69) is 41.5 Å². The van der Waals surface area contributed by atoms with Gasteiger partial charge in [0.2, 0.25) is 0 Å². The Morgan fingerprint density at radius 3 is 2.34 bits per heavy atom. The Morgan fingerprint density at radius 2 is 1.74 bits per heavy atom. The van der Waals surface area contributed by atoms with Crippen LogP contribution in [0.4, 0.5) is 0 Å². The highest BCUT2D eigenvalue weighted by atomic mass is 16.5.